The van der Waals surface area contributed by atoms with Gasteiger partial charge in [-0.2, -0.15) is 0 Å². The fraction of sp³-hybridized carbons (Fsp3) is 0.304. The van der Waals surface area contributed by atoms with Crippen molar-refractivity contribution < 1.29 is 14.5 Å². The molecule has 0 radical (unpaired) electrons. The maximum absolute atomic E-state index is 12.5. The second-order valence-corrected chi connectivity index (χ2v) is 8.51. The van der Waals surface area contributed by atoms with Gasteiger partial charge in [0.15, 0.2) is 0 Å². The van der Waals surface area contributed by atoms with Gasteiger partial charge in [-0.15, -0.1) is 11.3 Å². The van der Waals surface area contributed by atoms with Gasteiger partial charge in [-0.3, -0.25) is 9.59 Å². The Balaban J connectivity index is 1.24. The summed E-state index contributed by atoms with van der Waals surface area (Å²) in [6, 6.07) is 18.3. The molecule has 0 atom stereocenters. The molecule has 0 saturated carbocycles. The minimum Gasteiger partial charge on any atom is -0.347 e. The van der Waals surface area contributed by atoms with Gasteiger partial charge >= 0.3 is 0 Å². The average molecular weight is 409 g/mol. The highest BCUT2D eigenvalue weighted by Gasteiger charge is 2.24. The van der Waals surface area contributed by atoms with Crippen molar-refractivity contribution in [3.63, 3.8) is 0 Å². The zero-order valence-electron chi connectivity index (χ0n) is 16.4. The summed E-state index contributed by atoms with van der Waals surface area (Å²) in [7, 11) is 0. The number of rotatable bonds is 6. The lowest BCUT2D eigenvalue weighted by atomic mass is 10.0. The molecular formula is C23H26N3O2S+. The summed E-state index contributed by atoms with van der Waals surface area (Å²) >= 11 is 1.79. The van der Waals surface area contributed by atoms with Crippen LogP contribution >= 0.6 is 11.3 Å². The lowest BCUT2D eigenvalue weighted by Crippen LogP contribution is -3.13. The second kappa shape index (κ2) is 9.20. The van der Waals surface area contributed by atoms with Crippen molar-refractivity contribution in [3.8, 4) is 0 Å². The van der Waals surface area contributed by atoms with Crippen LogP contribution in [0.2, 0.25) is 0 Å². The van der Waals surface area contributed by atoms with Crippen LogP contribution in [0.1, 0.15) is 10.4 Å². The molecule has 29 heavy (non-hydrogen) atoms. The predicted molar refractivity (Wildman–Crippen MR) is 116 cm³/mol. The molecule has 0 unspecified atom stereocenters. The maximum atomic E-state index is 12.5. The number of nitrogens with one attached hydrogen (secondary N) is 2. The molecule has 2 N–H and O–H groups in total. The number of carbonyl (C=O) groups excluding carboxylic acids is 2. The largest absolute Gasteiger partial charge is 0.347 e. The summed E-state index contributed by atoms with van der Waals surface area (Å²) < 4.78 is 0. The Morgan fingerprint density at radius 3 is 2.59 bits per heavy atom. The van der Waals surface area contributed by atoms with E-state index in [9.17, 15) is 9.59 Å². The highest BCUT2D eigenvalue weighted by atomic mass is 32.1. The number of nitrogens with zero attached hydrogens (tertiary/aromatic N) is 1. The summed E-state index contributed by atoms with van der Waals surface area (Å²) in [5.74, 6) is -0.108. The zero-order chi connectivity index (χ0) is 20.1. The maximum Gasteiger partial charge on any atom is 0.242 e. The van der Waals surface area contributed by atoms with E-state index in [4.69, 9.17) is 0 Å². The number of benzene rings is 2. The van der Waals surface area contributed by atoms with Crippen molar-refractivity contribution in [1.29, 1.82) is 0 Å². The first-order valence-electron chi connectivity index (χ1n) is 10.1. The number of piperazine rings is 1. The Morgan fingerprint density at radius 2 is 1.79 bits per heavy atom. The van der Waals surface area contributed by atoms with E-state index in [1.807, 2.05) is 47.4 Å². The number of fused-ring (bicyclic) bond motifs is 1. The van der Waals surface area contributed by atoms with Gasteiger partial charge in [0.1, 0.15) is 6.54 Å². The fourth-order valence-electron chi connectivity index (χ4n) is 3.88. The number of hydrogen-bond acceptors (Lipinski definition) is 3. The molecule has 0 bridgehead atoms. The van der Waals surface area contributed by atoms with Crippen LogP contribution in [0.5, 0.6) is 0 Å². The third kappa shape index (κ3) is 5.02. The number of carbonyl (C=O) groups is 2. The van der Waals surface area contributed by atoms with Gasteiger partial charge in [-0.25, -0.2) is 0 Å². The van der Waals surface area contributed by atoms with Gasteiger partial charge in [-0.1, -0.05) is 48.5 Å². The monoisotopic (exact) mass is 408 g/mol. The molecule has 1 fully saturated rings. The molecule has 2 amide bonds. The van der Waals surface area contributed by atoms with Crippen molar-refractivity contribution in [3.05, 3.63) is 70.4 Å². The first-order valence-corrected chi connectivity index (χ1v) is 10.9. The summed E-state index contributed by atoms with van der Waals surface area (Å²) in [6.45, 7) is 4.50. The van der Waals surface area contributed by atoms with Crippen LogP contribution in [-0.4, -0.2) is 49.4 Å². The minimum absolute atomic E-state index is 0.00597. The van der Waals surface area contributed by atoms with Crippen LogP contribution in [0.3, 0.4) is 0 Å². The van der Waals surface area contributed by atoms with Crippen molar-refractivity contribution in [1.82, 2.24) is 10.2 Å². The molecule has 1 aromatic heterocycles. The standard InChI is InChI=1S/C23H25N3O2S/c27-22(15-19-7-3-6-18-5-1-2-9-21(18)19)24-16-23(28)26-12-10-25(11-13-26)17-20-8-4-14-29-20/h1-9,14H,10-13,15-17H2,(H,24,27)/p+1. The van der Waals surface area contributed by atoms with E-state index in [1.54, 1.807) is 11.3 Å². The van der Waals surface area contributed by atoms with Gasteiger partial charge in [0.05, 0.1) is 44.0 Å². The normalized spacial score (nSPS) is 14.8. The van der Waals surface area contributed by atoms with E-state index in [-0.39, 0.29) is 24.8 Å². The zero-order valence-corrected chi connectivity index (χ0v) is 17.2. The molecule has 4 rings (SSSR count). The van der Waals surface area contributed by atoms with E-state index in [1.165, 1.54) is 9.78 Å². The Labute approximate surface area is 174 Å². The first-order chi connectivity index (χ1) is 14.2. The Morgan fingerprint density at radius 1 is 1.00 bits per heavy atom. The van der Waals surface area contributed by atoms with Crippen molar-refractivity contribution in [2.24, 2.45) is 0 Å². The molecule has 1 aliphatic rings. The first kappa shape index (κ1) is 19.6. The number of hydrogen-bond donors (Lipinski definition) is 2. The van der Waals surface area contributed by atoms with E-state index in [2.05, 4.69) is 22.8 Å². The Bertz CT molecular complexity index is 973. The fourth-order valence-corrected chi connectivity index (χ4v) is 4.65. The number of quaternary nitrogens is 1. The summed E-state index contributed by atoms with van der Waals surface area (Å²) in [6.07, 6.45) is 0.285. The lowest BCUT2D eigenvalue weighted by Gasteiger charge is -2.32. The number of thiophene rings is 1. The Kier molecular flexibility index (Phi) is 6.22. The van der Waals surface area contributed by atoms with Gasteiger partial charge in [0.2, 0.25) is 11.8 Å². The predicted octanol–water partition coefficient (Wildman–Crippen LogP) is 1.49. The van der Waals surface area contributed by atoms with Crippen LogP contribution in [-0.2, 0) is 22.6 Å². The quantitative estimate of drug-likeness (QED) is 0.649. The number of amides is 2. The van der Waals surface area contributed by atoms with Gasteiger partial charge in [0.25, 0.3) is 0 Å². The molecule has 1 saturated heterocycles. The van der Waals surface area contributed by atoms with E-state index < -0.39 is 0 Å². The van der Waals surface area contributed by atoms with E-state index in [0.29, 0.717) is 0 Å². The van der Waals surface area contributed by atoms with Gasteiger partial charge < -0.3 is 15.1 Å². The molecule has 2 aromatic carbocycles. The summed E-state index contributed by atoms with van der Waals surface area (Å²) in [5.41, 5.74) is 0.985. The minimum atomic E-state index is -0.114. The third-order valence-corrected chi connectivity index (χ3v) is 6.37. The third-order valence-electron chi connectivity index (χ3n) is 5.50. The molecule has 5 nitrogen and oxygen atoms in total. The van der Waals surface area contributed by atoms with Gasteiger partial charge in [-0.05, 0) is 27.8 Å². The topological polar surface area (TPSA) is 53.9 Å². The highest BCUT2D eigenvalue weighted by Crippen LogP contribution is 2.18. The molecule has 2 heterocycles. The molecule has 0 aliphatic carbocycles. The van der Waals surface area contributed by atoms with E-state index >= 15 is 0 Å². The van der Waals surface area contributed by atoms with Crippen LogP contribution in [0.25, 0.3) is 10.8 Å². The molecule has 150 valence electrons. The molecule has 6 heteroatoms. The van der Waals surface area contributed by atoms with Crippen LogP contribution < -0.4 is 10.2 Å². The van der Waals surface area contributed by atoms with Crippen LogP contribution in [0, 0.1) is 0 Å². The van der Waals surface area contributed by atoms with Crippen LogP contribution in [0.15, 0.2) is 60.0 Å². The van der Waals surface area contributed by atoms with Crippen molar-refractivity contribution in [2.45, 2.75) is 13.0 Å². The average Bonchev–Trinajstić information content (AvgIpc) is 3.26. The molecule has 0 spiro atoms. The smallest absolute Gasteiger partial charge is 0.242 e. The highest BCUT2D eigenvalue weighted by molar-refractivity contribution is 7.09. The van der Waals surface area contributed by atoms with Crippen LogP contribution in [0.4, 0.5) is 0 Å². The van der Waals surface area contributed by atoms with Crippen molar-refractivity contribution in [2.75, 3.05) is 32.7 Å². The lowest BCUT2D eigenvalue weighted by molar-refractivity contribution is -0.917. The molecular weight excluding hydrogens is 382 g/mol. The van der Waals surface area contributed by atoms with Crippen molar-refractivity contribution >= 4 is 33.9 Å². The SMILES string of the molecule is O=C(Cc1cccc2ccccc12)NCC(=O)N1CC[NH+](Cc2cccs2)CC1. The summed E-state index contributed by atoms with van der Waals surface area (Å²) in [4.78, 5) is 29.7. The second-order valence-electron chi connectivity index (χ2n) is 7.48. The van der Waals surface area contributed by atoms with Gasteiger partial charge in [0, 0.05) is 0 Å². The van der Waals surface area contributed by atoms with E-state index in [0.717, 1.165) is 49.1 Å². The molecule has 1 aliphatic heterocycles. The Hall–Kier alpha value is -2.70. The molecule has 3 aromatic rings. The summed E-state index contributed by atoms with van der Waals surface area (Å²) in [5, 5.41) is 7.12.